The van der Waals surface area contributed by atoms with Crippen molar-refractivity contribution >= 4 is 33.1 Å². The van der Waals surface area contributed by atoms with Crippen LogP contribution in [0.15, 0.2) is 18.3 Å². The molecule has 0 saturated heterocycles. The molecule has 0 aliphatic carbocycles. The minimum absolute atomic E-state index is 0.0412. The van der Waals surface area contributed by atoms with E-state index in [0.717, 1.165) is 10.2 Å². The fraction of sp³-hybridized carbons (Fsp3) is 0.333. The third kappa shape index (κ3) is 1.98. The maximum atomic E-state index is 12.2. The van der Waals surface area contributed by atoms with Crippen LogP contribution in [0.4, 0.5) is 5.69 Å². The molecule has 2 rings (SSSR count). The minimum atomic E-state index is -0.0412. The Hall–Kier alpha value is -1.62. The Morgan fingerprint density at radius 3 is 2.82 bits per heavy atom. The summed E-state index contributed by atoms with van der Waals surface area (Å²) in [6.07, 6.45) is 1.71. The molecular formula is C12H15N3OS. The molecular weight excluding hydrogens is 234 g/mol. The summed E-state index contributed by atoms with van der Waals surface area (Å²) in [4.78, 5) is 19.5. The van der Waals surface area contributed by atoms with Gasteiger partial charge < -0.3 is 10.6 Å². The number of nitrogens with zero attached hydrogens (tertiary/aromatic N) is 2. The van der Waals surface area contributed by atoms with E-state index in [-0.39, 0.29) is 11.9 Å². The van der Waals surface area contributed by atoms with Crippen LogP contribution in [-0.4, -0.2) is 28.9 Å². The van der Waals surface area contributed by atoms with Crippen molar-refractivity contribution < 1.29 is 4.79 Å². The number of pyridine rings is 1. The Balaban J connectivity index is 2.49. The van der Waals surface area contributed by atoms with E-state index < -0.39 is 0 Å². The van der Waals surface area contributed by atoms with Gasteiger partial charge in [0.05, 0.1) is 5.69 Å². The van der Waals surface area contributed by atoms with Gasteiger partial charge in [-0.15, -0.1) is 11.3 Å². The number of rotatable bonds is 2. The number of amides is 1. The molecule has 0 bridgehead atoms. The van der Waals surface area contributed by atoms with Crippen molar-refractivity contribution in [3.63, 3.8) is 0 Å². The Morgan fingerprint density at radius 2 is 2.24 bits per heavy atom. The number of nitrogen functional groups attached to an aromatic ring is 1. The van der Waals surface area contributed by atoms with Gasteiger partial charge in [-0.3, -0.25) is 4.79 Å². The van der Waals surface area contributed by atoms with Gasteiger partial charge in [0, 0.05) is 24.7 Å². The van der Waals surface area contributed by atoms with E-state index in [4.69, 9.17) is 5.73 Å². The highest BCUT2D eigenvalue weighted by atomic mass is 32.1. The first-order valence-corrected chi connectivity index (χ1v) is 6.24. The van der Waals surface area contributed by atoms with Crippen LogP contribution < -0.4 is 5.73 Å². The first-order chi connectivity index (χ1) is 8.02. The molecule has 2 aromatic rings. The Labute approximate surface area is 104 Å². The van der Waals surface area contributed by atoms with Gasteiger partial charge in [-0.25, -0.2) is 4.98 Å². The van der Waals surface area contributed by atoms with Crippen molar-refractivity contribution in [1.29, 1.82) is 0 Å². The molecule has 5 heteroatoms. The predicted molar refractivity (Wildman–Crippen MR) is 71.3 cm³/mol. The molecule has 17 heavy (non-hydrogen) atoms. The summed E-state index contributed by atoms with van der Waals surface area (Å²) in [5.74, 6) is -0.0412. The van der Waals surface area contributed by atoms with E-state index in [0.29, 0.717) is 10.6 Å². The molecule has 4 nitrogen and oxygen atoms in total. The van der Waals surface area contributed by atoms with Crippen molar-refractivity contribution in [2.75, 3.05) is 12.8 Å². The molecule has 0 aliphatic rings. The molecule has 0 radical (unpaired) electrons. The molecule has 0 fully saturated rings. The average Bonchev–Trinajstić information content (AvgIpc) is 2.65. The number of anilines is 1. The minimum Gasteiger partial charge on any atom is -0.397 e. The molecule has 2 aromatic heterocycles. The number of nitrogens with two attached hydrogens (primary N) is 1. The monoisotopic (exact) mass is 249 g/mol. The zero-order chi connectivity index (χ0) is 12.6. The second kappa shape index (κ2) is 4.33. The number of aromatic nitrogens is 1. The van der Waals surface area contributed by atoms with Crippen molar-refractivity contribution in [2.24, 2.45) is 0 Å². The second-order valence-electron chi connectivity index (χ2n) is 4.21. The molecule has 0 spiro atoms. The average molecular weight is 249 g/mol. The molecule has 0 saturated carbocycles. The number of fused-ring (bicyclic) bond motifs is 1. The van der Waals surface area contributed by atoms with E-state index >= 15 is 0 Å². The zero-order valence-corrected chi connectivity index (χ0v) is 10.9. The van der Waals surface area contributed by atoms with E-state index in [1.807, 2.05) is 26.0 Å². The standard InChI is InChI=1S/C12H15N3OS/c1-7(2)15(3)12(16)10-9(13)8-5-4-6-14-11(8)17-10/h4-7H,13H2,1-3H3. The molecule has 0 aromatic carbocycles. The second-order valence-corrected chi connectivity index (χ2v) is 5.21. The predicted octanol–water partition coefficient (Wildman–Crippen LogP) is 2.36. The van der Waals surface area contributed by atoms with Crippen molar-refractivity contribution in [3.05, 3.63) is 23.2 Å². The quantitative estimate of drug-likeness (QED) is 0.888. The highest BCUT2D eigenvalue weighted by Gasteiger charge is 2.21. The van der Waals surface area contributed by atoms with Crippen LogP contribution in [0.25, 0.3) is 10.2 Å². The number of hydrogen-bond donors (Lipinski definition) is 1. The molecule has 0 unspecified atom stereocenters. The molecule has 90 valence electrons. The molecule has 1 amide bonds. The number of carbonyl (C=O) groups is 1. The van der Waals surface area contributed by atoms with E-state index in [2.05, 4.69) is 4.98 Å². The van der Waals surface area contributed by atoms with Crippen LogP contribution in [0.5, 0.6) is 0 Å². The molecule has 2 heterocycles. The van der Waals surface area contributed by atoms with Gasteiger partial charge in [0.2, 0.25) is 0 Å². The summed E-state index contributed by atoms with van der Waals surface area (Å²) >= 11 is 1.35. The summed E-state index contributed by atoms with van der Waals surface area (Å²) in [6.45, 7) is 3.94. The van der Waals surface area contributed by atoms with Gasteiger partial charge in [-0.2, -0.15) is 0 Å². The lowest BCUT2D eigenvalue weighted by atomic mass is 10.2. The summed E-state index contributed by atoms with van der Waals surface area (Å²) in [5.41, 5.74) is 6.54. The van der Waals surface area contributed by atoms with Gasteiger partial charge in [0.25, 0.3) is 5.91 Å². The Bertz CT molecular complexity index is 562. The first-order valence-electron chi connectivity index (χ1n) is 5.42. The number of thiophene rings is 1. The maximum absolute atomic E-state index is 12.2. The largest absolute Gasteiger partial charge is 0.397 e. The van der Waals surface area contributed by atoms with Gasteiger partial charge >= 0.3 is 0 Å². The van der Waals surface area contributed by atoms with E-state index in [9.17, 15) is 4.79 Å². The third-order valence-electron chi connectivity index (χ3n) is 2.79. The van der Waals surface area contributed by atoms with Gasteiger partial charge in [0.1, 0.15) is 9.71 Å². The summed E-state index contributed by atoms with van der Waals surface area (Å²) in [5, 5.41) is 0.859. The Morgan fingerprint density at radius 1 is 1.53 bits per heavy atom. The van der Waals surface area contributed by atoms with Crippen molar-refractivity contribution in [2.45, 2.75) is 19.9 Å². The van der Waals surface area contributed by atoms with Crippen molar-refractivity contribution in [3.8, 4) is 0 Å². The van der Waals surface area contributed by atoms with Gasteiger partial charge in [-0.05, 0) is 26.0 Å². The summed E-state index contributed by atoms with van der Waals surface area (Å²) in [6, 6.07) is 3.87. The van der Waals surface area contributed by atoms with Crippen LogP contribution in [-0.2, 0) is 0 Å². The molecule has 0 atom stereocenters. The van der Waals surface area contributed by atoms with Crippen LogP contribution >= 0.6 is 11.3 Å². The Kier molecular flexibility index (Phi) is 3.02. The fourth-order valence-electron chi connectivity index (χ4n) is 1.50. The van der Waals surface area contributed by atoms with Crippen LogP contribution in [0.3, 0.4) is 0 Å². The topological polar surface area (TPSA) is 59.2 Å². The lowest BCUT2D eigenvalue weighted by molar-refractivity contribution is 0.0761. The fourth-order valence-corrected chi connectivity index (χ4v) is 2.55. The summed E-state index contributed by atoms with van der Waals surface area (Å²) < 4.78 is 0. The maximum Gasteiger partial charge on any atom is 0.266 e. The lowest BCUT2D eigenvalue weighted by Gasteiger charge is -2.20. The number of hydrogen-bond acceptors (Lipinski definition) is 4. The zero-order valence-electron chi connectivity index (χ0n) is 10.1. The molecule has 0 aliphatic heterocycles. The van der Waals surface area contributed by atoms with Crippen LogP contribution in [0.1, 0.15) is 23.5 Å². The SMILES string of the molecule is CC(C)N(C)C(=O)c1sc2ncccc2c1N. The summed E-state index contributed by atoms with van der Waals surface area (Å²) in [7, 11) is 1.78. The number of carbonyl (C=O) groups excluding carboxylic acids is 1. The normalized spacial score (nSPS) is 11.1. The highest BCUT2D eigenvalue weighted by Crippen LogP contribution is 2.32. The smallest absolute Gasteiger partial charge is 0.266 e. The van der Waals surface area contributed by atoms with Gasteiger partial charge in [0.15, 0.2) is 0 Å². The van der Waals surface area contributed by atoms with E-state index in [1.165, 1.54) is 11.3 Å². The van der Waals surface area contributed by atoms with E-state index in [1.54, 1.807) is 18.1 Å². The third-order valence-corrected chi connectivity index (χ3v) is 3.91. The van der Waals surface area contributed by atoms with Crippen molar-refractivity contribution in [1.82, 2.24) is 9.88 Å². The van der Waals surface area contributed by atoms with Crippen LogP contribution in [0, 0.1) is 0 Å². The lowest BCUT2D eigenvalue weighted by Crippen LogP contribution is -2.32. The van der Waals surface area contributed by atoms with Crippen LogP contribution in [0.2, 0.25) is 0 Å². The molecule has 2 N–H and O–H groups in total. The first kappa shape index (κ1) is 11.9. The highest BCUT2D eigenvalue weighted by molar-refractivity contribution is 7.21. The van der Waals surface area contributed by atoms with Gasteiger partial charge in [-0.1, -0.05) is 0 Å².